The molecule has 14 heavy (non-hydrogen) atoms. The van der Waals surface area contributed by atoms with E-state index in [2.05, 4.69) is 0 Å². The molecule has 1 heterocycles. The summed E-state index contributed by atoms with van der Waals surface area (Å²) in [6.45, 7) is 0.481. The molecule has 0 aromatic heterocycles. The molecule has 1 amide bonds. The molecule has 0 spiro atoms. The standard InChI is InChI=1S/C10H9FN2O/c11-9-1-3-10(4-2-9)13-6-5-12(7-13)8-14/h1-6,8H,7H2. The zero-order chi connectivity index (χ0) is 9.97. The Kier molecular flexibility index (Phi) is 2.18. The van der Waals surface area contributed by atoms with E-state index in [1.165, 1.54) is 17.0 Å². The monoisotopic (exact) mass is 192 g/mol. The van der Waals surface area contributed by atoms with E-state index < -0.39 is 0 Å². The van der Waals surface area contributed by atoms with Crippen molar-refractivity contribution >= 4 is 12.1 Å². The predicted octanol–water partition coefficient (Wildman–Crippen LogP) is 1.53. The second-order valence-corrected chi connectivity index (χ2v) is 3.01. The topological polar surface area (TPSA) is 23.6 Å². The van der Waals surface area contributed by atoms with Crippen molar-refractivity contribution in [3.05, 3.63) is 42.5 Å². The Morgan fingerprint density at radius 1 is 1.21 bits per heavy atom. The lowest BCUT2D eigenvalue weighted by Crippen LogP contribution is -2.23. The summed E-state index contributed by atoms with van der Waals surface area (Å²) in [5.74, 6) is -0.260. The number of rotatable bonds is 2. The van der Waals surface area contributed by atoms with Crippen LogP contribution < -0.4 is 4.90 Å². The summed E-state index contributed by atoms with van der Waals surface area (Å²) in [7, 11) is 0. The van der Waals surface area contributed by atoms with Crippen molar-refractivity contribution in [2.24, 2.45) is 0 Å². The number of nitrogens with zero attached hydrogens (tertiary/aromatic N) is 2. The summed E-state index contributed by atoms with van der Waals surface area (Å²) in [6.07, 6.45) is 4.21. The molecule has 0 fully saturated rings. The molecule has 72 valence electrons. The minimum atomic E-state index is -0.260. The van der Waals surface area contributed by atoms with Crippen molar-refractivity contribution in [1.82, 2.24) is 4.90 Å². The fourth-order valence-electron chi connectivity index (χ4n) is 1.31. The average Bonchev–Trinajstić information content (AvgIpc) is 2.67. The van der Waals surface area contributed by atoms with Gasteiger partial charge < -0.3 is 9.80 Å². The normalized spacial score (nSPS) is 14.9. The second kappa shape index (κ2) is 3.49. The molecular weight excluding hydrogens is 183 g/mol. The van der Waals surface area contributed by atoms with E-state index in [9.17, 15) is 9.18 Å². The molecule has 0 N–H and O–H groups in total. The average molecular weight is 192 g/mol. The minimum absolute atomic E-state index is 0.260. The maximum atomic E-state index is 12.6. The zero-order valence-corrected chi connectivity index (χ0v) is 7.43. The van der Waals surface area contributed by atoms with Crippen LogP contribution in [0.4, 0.5) is 10.1 Å². The van der Waals surface area contributed by atoms with Gasteiger partial charge in [-0.25, -0.2) is 4.39 Å². The van der Waals surface area contributed by atoms with Gasteiger partial charge in [-0.3, -0.25) is 4.79 Å². The van der Waals surface area contributed by atoms with Crippen molar-refractivity contribution in [2.75, 3.05) is 11.6 Å². The van der Waals surface area contributed by atoms with Crippen LogP contribution >= 0.6 is 0 Å². The van der Waals surface area contributed by atoms with Gasteiger partial charge in [0.05, 0.1) is 0 Å². The van der Waals surface area contributed by atoms with Crippen LogP contribution in [-0.2, 0) is 4.79 Å². The van der Waals surface area contributed by atoms with Crippen LogP contribution in [-0.4, -0.2) is 18.0 Å². The Bertz CT molecular complexity index is 361. The van der Waals surface area contributed by atoms with Gasteiger partial charge in [-0.2, -0.15) is 0 Å². The highest BCUT2D eigenvalue weighted by Gasteiger charge is 2.12. The molecule has 1 aliphatic heterocycles. The highest BCUT2D eigenvalue weighted by molar-refractivity contribution is 5.56. The molecule has 1 aromatic rings. The number of carbonyl (C=O) groups excluding carboxylic acids is 1. The van der Waals surface area contributed by atoms with E-state index in [-0.39, 0.29) is 5.82 Å². The quantitative estimate of drug-likeness (QED) is 0.663. The third-order valence-corrected chi connectivity index (χ3v) is 2.05. The third-order valence-electron chi connectivity index (χ3n) is 2.05. The van der Waals surface area contributed by atoms with Crippen LogP contribution in [0.3, 0.4) is 0 Å². The molecule has 0 saturated carbocycles. The molecule has 0 bridgehead atoms. The van der Waals surface area contributed by atoms with Crippen LogP contribution in [0.1, 0.15) is 0 Å². The highest BCUT2D eigenvalue weighted by atomic mass is 19.1. The highest BCUT2D eigenvalue weighted by Crippen LogP contribution is 2.18. The van der Waals surface area contributed by atoms with E-state index in [0.717, 1.165) is 12.1 Å². The lowest BCUT2D eigenvalue weighted by molar-refractivity contribution is -0.115. The van der Waals surface area contributed by atoms with Gasteiger partial charge in [-0.1, -0.05) is 0 Å². The van der Waals surface area contributed by atoms with Gasteiger partial charge in [0.1, 0.15) is 12.5 Å². The van der Waals surface area contributed by atoms with Gasteiger partial charge >= 0.3 is 0 Å². The molecule has 1 aliphatic rings. The van der Waals surface area contributed by atoms with E-state index in [0.29, 0.717) is 6.67 Å². The first-order chi connectivity index (χ1) is 6.79. The number of carbonyl (C=O) groups is 1. The van der Waals surface area contributed by atoms with Gasteiger partial charge in [0.25, 0.3) is 0 Å². The molecule has 3 nitrogen and oxygen atoms in total. The number of benzene rings is 1. The Morgan fingerprint density at radius 3 is 2.50 bits per heavy atom. The van der Waals surface area contributed by atoms with E-state index in [1.807, 2.05) is 4.90 Å². The van der Waals surface area contributed by atoms with Crippen molar-refractivity contribution in [1.29, 1.82) is 0 Å². The largest absolute Gasteiger partial charge is 0.328 e. The van der Waals surface area contributed by atoms with E-state index in [1.54, 1.807) is 24.5 Å². The Hall–Kier alpha value is -1.84. The second-order valence-electron chi connectivity index (χ2n) is 3.01. The number of hydrogen-bond donors (Lipinski definition) is 0. The molecule has 0 saturated heterocycles. The fourth-order valence-corrected chi connectivity index (χ4v) is 1.31. The van der Waals surface area contributed by atoms with Gasteiger partial charge in [0, 0.05) is 18.1 Å². The molecule has 0 radical (unpaired) electrons. The van der Waals surface area contributed by atoms with Crippen LogP contribution in [0, 0.1) is 5.82 Å². The summed E-state index contributed by atoms with van der Waals surface area (Å²) in [5, 5.41) is 0. The maximum Gasteiger partial charge on any atom is 0.215 e. The van der Waals surface area contributed by atoms with Crippen molar-refractivity contribution < 1.29 is 9.18 Å². The van der Waals surface area contributed by atoms with Crippen LogP contribution in [0.25, 0.3) is 0 Å². The van der Waals surface area contributed by atoms with E-state index in [4.69, 9.17) is 0 Å². The summed E-state index contributed by atoms with van der Waals surface area (Å²) in [6, 6.07) is 6.14. The first-order valence-electron chi connectivity index (χ1n) is 4.21. The summed E-state index contributed by atoms with van der Waals surface area (Å²) >= 11 is 0. The zero-order valence-electron chi connectivity index (χ0n) is 7.43. The Balaban J connectivity index is 2.14. The maximum absolute atomic E-state index is 12.6. The summed E-state index contributed by atoms with van der Waals surface area (Å²) < 4.78 is 12.6. The molecule has 2 rings (SSSR count). The first kappa shape index (κ1) is 8.74. The van der Waals surface area contributed by atoms with Gasteiger partial charge in [0.15, 0.2) is 0 Å². The number of amides is 1. The van der Waals surface area contributed by atoms with Gasteiger partial charge in [0.2, 0.25) is 6.41 Å². The van der Waals surface area contributed by atoms with E-state index >= 15 is 0 Å². The van der Waals surface area contributed by atoms with Gasteiger partial charge in [-0.15, -0.1) is 0 Å². The number of halogens is 1. The molecule has 0 unspecified atom stereocenters. The van der Waals surface area contributed by atoms with Crippen LogP contribution in [0.15, 0.2) is 36.7 Å². The van der Waals surface area contributed by atoms with Gasteiger partial charge in [-0.05, 0) is 24.3 Å². The van der Waals surface area contributed by atoms with Crippen molar-refractivity contribution in [3.8, 4) is 0 Å². The molecule has 1 aromatic carbocycles. The Labute approximate surface area is 81.0 Å². The molecular formula is C10H9FN2O. The molecule has 4 heteroatoms. The third kappa shape index (κ3) is 1.59. The smallest absolute Gasteiger partial charge is 0.215 e. The van der Waals surface area contributed by atoms with Crippen LogP contribution in [0.2, 0.25) is 0 Å². The molecule has 0 aliphatic carbocycles. The van der Waals surface area contributed by atoms with Crippen molar-refractivity contribution in [3.63, 3.8) is 0 Å². The first-order valence-corrected chi connectivity index (χ1v) is 4.21. The van der Waals surface area contributed by atoms with Crippen molar-refractivity contribution in [2.45, 2.75) is 0 Å². The lowest BCUT2D eigenvalue weighted by Gasteiger charge is -2.16. The Morgan fingerprint density at radius 2 is 1.93 bits per heavy atom. The van der Waals surface area contributed by atoms with Crippen LogP contribution in [0.5, 0.6) is 0 Å². The number of anilines is 1. The predicted molar refractivity (Wildman–Crippen MR) is 50.8 cm³/mol. The summed E-state index contributed by atoms with van der Waals surface area (Å²) in [5.41, 5.74) is 0.868. The summed E-state index contributed by atoms with van der Waals surface area (Å²) in [4.78, 5) is 13.8. The number of hydrogen-bond acceptors (Lipinski definition) is 2. The lowest BCUT2D eigenvalue weighted by atomic mass is 10.3. The fraction of sp³-hybridized carbons (Fsp3) is 0.100. The molecule has 0 atom stereocenters. The SMILES string of the molecule is O=CN1C=CN(c2ccc(F)cc2)C1. The minimum Gasteiger partial charge on any atom is -0.328 e.